The molecule has 0 aromatic rings. The molecular weight excluding hydrogens is 305 g/mol. The van der Waals surface area contributed by atoms with Gasteiger partial charge in [0.25, 0.3) is 0 Å². The Balaban J connectivity index is 2.14. The third kappa shape index (κ3) is 4.04. The Morgan fingerprint density at radius 2 is 1.95 bits per heavy atom. The van der Waals surface area contributed by atoms with Crippen molar-refractivity contribution in [2.45, 2.75) is 95.8 Å². The summed E-state index contributed by atoms with van der Waals surface area (Å²) in [5.74, 6) is 1.25. The standard InChI is InChI=1S/C18H32BNS2/c1-12(2)18(19)9-7-6-8-15-16(10-14(5)11-18)22-17(21)20(15)13(3)4/h12-16H,6-11H2,1-5H3. The van der Waals surface area contributed by atoms with E-state index >= 15 is 0 Å². The van der Waals surface area contributed by atoms with Crippen LogP contribution in [-0.2, 0) is 0 Å². The maximum Gasteiger partial charge on any atom is 0.137 e. The Bertz CT molecular complexity index is 399. The van der Waals surface area contributed by atoms with Crippen LogP contribution in [0, 0.1) is 11.8 Å². The smallest absolute Gasteiger partial charge is 0.137 e. The second-order valence-corrected chi connectivity index (χ2v) is 10.0. The zero-order valence-corrected chi connectivity index (χ0v) is 16.6. The Morgan fingerprint density at radius 1 is 1.27 bits per heavy atom. The second kappa shape index (κ2) is 7.46. The summed E-state index contributed by atoms with van der Waals surface area (Å²) in [5, 5.41) is 0.688. The van der Waals surface area contributed by atoms with Gasteiger partial charge in [0.05, 0.1) is 7.85 Å². The highest BCUT2D eigenvalue weighted by molar-refractivity contribution is 8.23. The molecule has 1 nitrogen and oxygen atoms in total. The molecule has 1 saturated carbocycles. The molecular formula is C18H32BNS2. The molecule has 4 heteroatoms. The van der Waals surface area contributed by atoms with Crippen LogP contribution in [0.15, 0.2) is 0 Å². The van der Waals surface area contributed by atoms with Crippen LogP contribution in [0.5, 0.6) is 0 Å². The minimum absolute atomic E-state index is 0.0216. The SMILES string of the molecule is [B]C1(C(C)C)CCCCC2C(CC(C)C1)SC(=S)N2C(C)C. The molecule has 0 amide bonds. The van der Waals surface area contributed by atoms with Crippen molar-refractivity contribution >= 4 is 36.1 Å². The van der Waals surface area contributed by atoms with Gasteiger partial charge in [-0.2, -0.15) is 0 Å². The summed E-state index contributed by atoms with van der Waals surface area (Å²) in [7, 11) is 6.78. The van der Waals surface area contributed by atoms with E-state index in [0.717, 1.165) is 10.7 Å². The summed E-state index contributed by atoms with van der Waals surface area (Å²) in [6, 6.07) is 1.17. The molecule has 0 bridgehead atoms. The fraction of sp³-hybridized carbons (Fsp3) is 0.944. The highest BCUT2D eigenvalue weighted by atomic mass is 32.2. The summed E-state index contributed by atoms with van der Waals surface area (Å²) in [6.07, 6.45) is 7.40. The molecule has 1 saturated heterocycles. The Morgan fingerprint density at radius 3 is 2.55 bits per heavy atom. The lowest BCUT2D eigenvalue weighted by molar-refractivity contribution is 0.218. The summed E-state index contributed by atoms with van der Waals surface area (Å²) < 4.78 is 1.12. The lowest BCUT2D eigenvalue weighted by Gasteiger charge is -2.40. The van der Waals surface area contributed by atoms with E-state index in [0.29, 0.717) is 29.2 Å². The molecule has 0 aromatic heterocycles. The molecule has 2 rings (SSSR count). The van der Waals surface area contributed by atoms with Gasteiger partial charge < -0.3 is 4.90 Å². The maximum absolute atomic E-state index is 6.78. The molecule has 0 N–H and O–H groups in total. The van der Waals surface area contributed by atoms with Crippen molar-refractivity contribution in [1.82, 2.24) is 4.90 Å². The minimum atomic E-state index is 0.0216. The summed E-state index contributed by atoms with van der Waals surface area (Å²) in [6.45, 7) is 11.5. The van der Waals surface area contributed by atoms with Gasteiger partial charge in [0, 0.05) is 17.3 Å². The van der Waals surface area contributed by atoms with E-state index in [9.17, 15) is 0 Å². The molecule has 1 aliphatic carbocycles. The largest absolute Gasteiger partial charge is 0.351 e. The van der Waals surface area contributed by atoms with E-state index in [4.69, 9.17) is 20.1 Å². The Labute approximate surface area is 148 Å². The van der Waals surface area contributed by atoms with E-state index in [1.54, 1.807) is 0 Å². The molecule has 1 heterocycles. The predicted molar refractivity (Wildman–Crippen MR) is 105 cm³/mol. The van der Waals surface area contributed by atoms with Gasteiger partial charge in [-0.15, -0.1) is 0 Å². The minimum Gasteiger partial charge on any atom is -0.351 e. The van der Waals surface area contributed by atoms with Crippen molar-refractivity contribution < 1.29 is 0 Å². The van der Waals surface area contributed by atoms with Crippen molar-refractivity contribution in [2.75, 3.05) is 0 Å². The number of hydrogen-bond donors (Lipinski definition) is 0. The van der Waals surface area contributed by atoms with E-state index in [-0.39, 0.29) is 5.31 Å². The lowest BCUT2D eigenvalue weighted by atomic mass is 9.55. The first-order chi connectivity index (χ1) is 10.2. The molecule has 0 spiro atoms. The number of thioether (sulfide) groups is 1. The quantitative estimate of drug-likeness (QED) is 0.488. The van der Waals surface area contributed by atoms with Gasteiger partial charge in [0.1, 0.15) is 4.32 Å². The van der Waals surface area contributed by atoms with Gasteiger partial charge in [-0.05, 0) is 38.5 Å². The zero-order valence-electron chi connectivity index (χ0n) is 15.0. The van der Waals surface area contributed by atoms with Crippen molar-refractivity contribution in [3.05, 3.63) is 0 Å². The van der Waals surface area contributed by atoms with Crippen LogP contribution in [0.2, 0.25) is 5.31 Å². The van der Waals surface area contributed by atoms with E-state index in [1.807, 2.05) is 11.8 Å². The van der Waals surface area contributed by atoms with Crippen LogP contribution in [0.25, 0.3) is 0 Å². The summed E-state index contributed by atoms with van der Waals surface area (Å²) in [5.41, 5.74) is 0. The van der Waals surface area contributed by atoms with Crippen molar-refractivity contribution in [3.8, 4) is 0 Å². The van der Waals surface area contributed by atoms with E-state index in [1.165, 1.54) is 32.1 Å². The predicted octanol–water partition coefficient (Wildman–Crippen LogP) is 5.44. The molecule has 2 fully saturated rings. The molecule has 1 aliphatic heterocycles. The van der Waals surface area contributed by atoms with Gasteiger partial charge >= 0.3 is 0 Å². The van der Waals surface area contributed by atoms with Crippen molar-refractivity contribution in [1.29, 1.82) is 0 Å². The number of nitrogens with zero attached hydrogens (tertiary/aromatic N) is 1. The normalized spacial score (nSPS) is 37.7. The van der Waals surface area contributed by atoms with Crippen molar-refractivity contribution in [3.63, 3.8) is 0 Å². The fourth-order valence-corrected chi connectivity index (χ4v) is 6.56. The van der Waals surface area contributed by atoms with Crippen LogP contribution >= 0.6 is 24.0 Å². The number of rotatable bonds is 2. The van der Waals surface area contributed by atoms with Gasteiger partial charge in [0.15, 0.2) is 0 Å². The average Bonchev–Trinajstić information content (AvgIpc) is 2.69. The van der Waals surface area contributed by atoms with Crippen LogP contribution in [-0.4, -0.2) is 34.4 Å². The molecule has 22 heavy (non-hydrogen) atoms. The molecule has 2 aliphatic rings. The number of fused-ring (bicyclic) bond motifs is 1. The molecule has 124 valence electrons. The average molecular weight is 337 g/mol. The van der Waals surface area contributed by atoms with Crippen LogP contribution in [0.1, 0.15) is 73.1 Å². The van der Waals surface area contributed by atoms with Gasteiger partial charge in [-0.1, -0.05) is 75.7 Å². The number of hydrogen-bond acceptors (Lipinski definition) is 2. The maximum atomic E-state index is 6.78. The third-order valence-electron chi connectivity index (χ3n) is 5.71. The van der Waals surface area contributed by atoms with Gasteiger partial charge in [-0.25, -0.2) is 0 Å². The first-order valence-electron chi connectivity index (χ1n) is 9.02. The lowest BCUT2D eigenvalue weighted by Crippen LogP contribution is -2.42. The molecule has 2 radical (unpaired) electrons. The number of thiocarbonyl (C=S) groups is 1. The third-order valence-corrected chi connectivity index (χ3v) is 7.43. The van der Waals surface area contributed by atoms with Crippen LogP contribution < -0.4 is 0 Å². The first kappa shape index (κ1) is 18.6. The van der Waals surface area contributed by atoms with Crippen LogP contribution in [0.4, 0.5) is 0 Å². The van der Waals surface area contributed by atoms with Crippen molar-refractivity contribution in [2.24, 2.45) is 11.8 Å². The molecule has 0 aromatic carbocycles. The first-order valence-corrected chi connectivity index (χ1v) is 10.3. The molecule has 4 atom stereocenters. The summed E-state index contributed by atoms with van der Waals surface area (Å²) in [4.78, 5) is 2.51. The van der Waals surface area contributed by atoms with Gasteiger partial charge in [0.2, 0.25) is 0 Å². The van der Waals surface area contributed by atoms with E-state index in [2.05, 4.69) is 39.5 Å². The summed E-state index contributed by atoms with van der Waals surface area (Å²) >= 11 is 7.63. The zero-order chi connectivity index (χ0) is 16.5. The fourth-order valence-electron chi connectivity index (χ4n) is 4.27. The van der Waals surface area contributed by atoms with Gasteiger partial charge in [-0.3, -0.25) is 0 Å². The van der Waals surface area contributed by atoms with Crippen LogP contribution in [0.3, 0.4) is 0 Å². The Hall–Kier alpha value is 0.305. The Kier molecular flexibility index (Phi) is 6.32. The highest BCUT2D eigenvalue weighted by Gasteiger charge is 2.41. The second-order valence-electron chi connectivity index (χ2n) is 8.17. The van der Waals surface area contributed by atoms with E-state index < -0.39 is 0 Å². The molecule has 4 unspecified atom stereocenters. The highest BCUT2D eigenvalue weighted by Crippen LogP contribution is 2.48. The monoisotopic (exact) mass is 337 g/mol. The topological polar surface area (TPSA) is 3.24 Å².